The largest absolute Gasteiger partial charge is 0.507 e. The monoisotopic (exact) mass is 437 g/mol. The Kier molecular flexibility index (Phi) is 7.64. The maximum absolute atomic E-state index is 13.0. The van der Waals surface area contributed by atoms with Crippen LogP contribution in [0, 0.1) is 6.92 Å². The topological polar surface area (TPSA) is 83.0 Å². The molecule has 170 valence electrons. The van der Waals surface area contributed by atoms with Gasteiger partial charge in [0, 0.05) is 31.0 Å². The predicted molar refractivity (Wildman–Crippen MR) is 123 cm³/mol. The summed E-state index contributed by atoms with van der Waals surface area (Å²) in [5.41, 5.74) is 2.10. The number of unbranched alkanes of at least 4 members (excludes halogenated alkanes) is 1. The van der Waals surface area contributed by atoms with Crippen LogP contribution in [0.25, 0.3) is 5.76 Å². The Hall–Kier alpha value is -3.19. The second kappa shape index (κ2) is 10.4. The number of pyridine rings is 1. The standard InChI is InChI=1S/C25H31N3O4/c1-5-6-14-32-20-10-9-18(15-17(20)2)23(29)21-22(19-8-7-11-26-16-19)28(13-12-27(3)4)25(31)24(21)30/h7-11,15-16,22,29H,5-6,12-14H2,1-4H3/t22-/m0/s1. The molecule has 0 spiro atoms. The Labute approximate surface area is 189 Å². The van der Waals surface area contributed by atoms with Crippen LogP contribution in [0.4, 0.5) is 0 Å². The van der Waals surface area contributed by atoms with E-state index in [1.807, 2.05) is 32.0 Å². The lowest BCUT2D eigenvalue weighted by molar-refractivity contribution is -0.140. The first-order chi connectivity index (χ1) is 15.3. The second-order valence-corrected chi connectivity index (χ2v) is 8.26. The molecule has 1 aromatic heterocycles. The van der Waals surface area contributed by atoms with Crippen molar-refractivity contribution in [2.75, 3.05) is 33.8 Å². The molecule has 7 nitrogen and oxygen atoms in total. The fraction of sp³-hybridized carbons (Fsp3) is 0.400. The van der Waals surface area contributed by atoms with Crippen molar-refractivity contribution in [3.63, 3.8) is 0 Å². The molecule has 1 fully saturated rings. The van der Waals surface area contributed by atoms with Crippen molar-refractivity contribution in [3.8, 4) is 5.75 Å². The summed E-state index contributed by atoms with van der Waals surface area (Å²) in [6.45, 7) is 5.57. The third-order valence-electron chi connectivity index (χ3n) is 5.53. The van der Waals surface area contributed by atoms with Crippen LogP contribution < -0.4 is 4.74 Å². The Balaban J connectivity index is 2.03. The second-order valence-electron chi connectivity index (χ2n) is 8.26. The number of nitrogens with zero attached hydrogens (tertiary/aromatic N) is 3. The molecular formula is C25H31N3O4. The zero-order valence-corrected chi connectivity index (χ0v) is 19.2. The van der Waals surface area contributed by atoms with E-state index in [4.69, 9.17) is 4.74 Å². The number of carbonyl (C=O) groups excluding carboxylic acids is 2. The fourth-order valence-electron chi connectivity index (χ4n) is 3.74. The van der Waals surface area contributed by atoms with Gasteiger partial charge in [-0.25, -0.2) is 0 Å². The van der Waals surface area contributed by atoms with Gasteiger partial charge in [0.05, 0.1) is 18.2 Å². The Morgan fingerprint density at radius 2 is 2.03 bits per heavy atom. The third kappa shape index (κ3) is 4.99. The van der Waals surface area contributed by atoms with Crippen LogP contribution >= 0.6 is 0 Å². The molecular weight excluding hydrogens is 406 g/mol. The minimum atomic E-state index is -0.690. The summed E-state index contributed by atoms with van der Waals surface area (Å²) in [7, 11) is 3.81. The van der Waals surface area contributed by atoms with Gasteiger partial charge in [-0.1, -0.05) is 19.4 Å². The number of hydrogen-bond acceptors (Lipinski definition) is 6. The number of aryl methyl sites for hydroxylation is 1. The van der Waals surface area contributed by atoms with E-state index >= 15 is 0 Å². The molecule has 1 aliphatic rings. The van der Waals surface area contributed by atoms with Crippen molar-refractivity contribution in [2.45, 2.75) is 32.7 Å². The van der Waals surface area contributed by atoms with E-state index in [-0.39, 0.29) is 11.3 Å². The molecule has 0 radical (unpaired) electrons. The van der Waals surface area contributed by atoms with Crippen LogP contribution in [0.2, 0.25) is 0 Å². The highest BCUT2D eigenvalue weighted by molar-refractivity contribution is 6.46. The lowest BCUT2D eigenvalue weighted by Gasteiger charge is -2.26. The highest BCUT2D eigenvalue weighted by Gasteiger charge is 2.46. The maximum atomic E-state index is 13.0. The first-order valence-electron chi connectivity index (χ1n) is 10.9. The Morgan fingerprint density at radius 1 is 1.25 bits per heavy atom. The Bertz CT molecular complexity index is 1000. The zero-order valence-electron chi connectivity index (χ0n) is 19.2. The van der Waals surface area contributed by atoms with Crippen LogP contribution in [0.3, 0.4) is 0 Å². The molecule has 32 heavy (non-hydrogen) atoms. The number of aliphatic hydroxyl groups is 1. The smallest absolute Gasteiger partial charge is 0.295 e. The minimum Gasteiger partial charge on any atom is -0.507 e. The van der Waals surface area contributed by atoms with Crippen LogP contribution in [0.1, 0.15) is 42.5 Å². The molecule has 2 heterocycles. The van der Waals surface area contributed by atoms with Gasteiger partial charge in [0.15, 0.2) is 0 Å². The van der Waals surface area contributed by atoms with E-state index in [2.05, 4.69) is 11.9 Å². The number of likely N-dealkylation sites (tertiary alicyclic amines) is 1. The van der Waals surface area contributed by atoms with Gasteiger partial charge in [-0.3, -0.25) is 14.6 Å². The zero-order chi connectivity index (χ0) is 23.3. The molecule has 1 saturated heterocycles. The summed E-state index contributed by atoms with van der Waals surface area (Å²) in [5.74, 6) is -0.743. The molecule has 0 aliphatic carbocycles. The molecule has 1 aromatic carbocycles. The average molecular weight is 438 g/mol. The summed E-state index contributed by atoms with van der Waals surface area (Å²) < 4.78 is 5.80. The van der Waals surface area contributed by atoms with E-state index in [1.165, 1.54) is 4.90 Å². The summed E-state index contributed by atoms with van der Waals surface area (Å²) in [6, 6.07) is 8.18. The van der Waals surface area contributed by atoms with Crippen molar-refractivity contribution in [2.24, 2.45) is 0 Å². The van der Waals surface area contributed by atoms with Crippen LogP contribution in [-0.4, -0.2) is 65.4 Å². The van der Waals surface area contributed by atoms with E-state index in [1.54, 1.807) is 36.7 Å². The number of ether oxygens (including phenoxy) is 1. The van der Waals surface area contributed by atoms with Gasteiger partial charge < -0.3 is 19.6 Å². The first-order valence-corrected chi connectivity index (χ1v) is 10.9. The van der Waals surface area contributed by atoms with Gasteiger partial charge in [0.25, 0.3) is 11.7 Å². The van der Waals surface area contributed by atoms with Crippen molar-refractivity contribution in [1.29, 1.82) is 0 Å². The van der Waals surface area contributed by atoms with Gasteiger partial charge in [0.1, 0.15) is 11.5 Å². The molecule has 0 bridgehead atoms. The van der Waals surface area contributed by atoms with E-state index < -0.39 is 17.7 Å². The van der Waals surface area contributed by atoms with Crippen molar-refractivity contribution >= 4 is 17.4 Å². The number of carbonyl (C=O) groups is 2. The highest BCUT2D eigenvalue weighted by Crippen LogP contribution is 2.39. The number of amides is 1. The lowest BCUT2D eigenvalue weighted by atomic mass is 9.95. The summed E-state index contributed by atoms with van der Waals surface area (Å²) in [6.07, 6.45) is 5.27. The Morgan fingerprint density at radius 3 is 2.66 bits per heavy atom. The first kappa shape index (κ1) is 23.5. The fourth-order valence-corrected chi connectivity index (χ4v) is 3.74. The van der Waals surface area contributed by atoms with Gasteiger partial charge in [-0.15, -0.1) is 0 Å². The lowest BCUT2D eigenvalue weighted by Crippen LogP contribution is -2.35. The number of aromatic nitrogens is 1. The van der Waals surface area contributed by atoms with Gasteiger partial charge in [-0.2, -0.15) is 0 Å². The molecule has 1 amide bonds. The number of Topliss-reactive ketones (excluding diaryl/α,β-unsaturated/α-hetero) is 1. The quantitative estimate of drug-likeness (QED) is 0.280. The summed E-state index contributed by atoms with van der Waals surface area (Å²) >= 11 is 0. The van der Waals surface area contributed by atoms with Crippen molar-refractivity contribution < 1.29 is 19.4 Å². The molecule has 1 atom stereocenters. The SMILES string of the molecule is CCCCOc1ccc(C(O)=C2C(=O)C(=O)N(CCN(C)C)[C@H]2c2cccnc2)cc1C. The van der Waals surface area contributed by atoms with Gasteiger partial charge in [-0.05, 0) is 62.8 Å². The molecule has 2 aromatic rings. The minimum absolute atomic E-state index is 0.0841. The van der Waals surface area contributed by atoms with Gasteiger partial charge in [0.2, 0.25) is 0 Å². The number of benzene rings is 1. The molecule has 0 unspecified atom stereocenters. The molecule has 1 N–H and O–H groups in total. The number of hydrogen-bond donors (Lipinski definition) is 1. The molecule has 3 rings (SSSR count). The average Bonchev–Trinajstić information content (AvgIpc) is 3.03. The number of likely N-dealkylation sites (N-methyl/N-ethyl adjacent to an activating group) is 1. The van der Waals surface area contributed by atoms with Crippen LogP contribution in [0.15, 0.2) is 48.3 Å². The summed E-state index contributed by atoms with van der Waals surface area (Å²) in [4.78, 5) is 33.5. The van der Waals surface area contributed by atoms with Gasteiger partial charge >= 0.3 is 0 Å². The number of rotatable bonds is 9. The van der Waals surface area contributed by atoms with Crippen LogP contribution in [0.5, 0.6) is 5.75 Å². The van der Waals surface area contributed by atoms with E-state index in [0.717, 1.165) is 24.2 Å². The van der Waals surface area contributed by atoms with E-state index in [9.17, 15) is 14.7 Å². The third-order valence-corrected chi connectivity index (χ3v) is 5.53. The van der Waals surface area contributed by atoms with Crippen molar-refractivity contribution in [1.82, 2.24) is 14.8 Å². The molecule has 7 heteroatoms. The van der Waals surface area contributed by atoms with Crippen LogP contribution in [-0.2, 0) is 9.59 Å². The summed E-state index contributed by atoms with van der Waals surface area (Å²) in [5, 5.41) is 11.2. The molecule has 1 aliphatic heterocycles. The highest BCUT2D eigenvalue weighted by atomic mass is 16.5. The maximum Gasteiger partial charge on any atom is 0.295 e. The number of ketones is 1. The van der Waals surface area contributed by atoms with E-state index in [0.29, 0.717) is 30.8 Å². The van der Waals surface area contributed by atoms with Crippen molar-refractivity contribution in [3.05, 3.63) is 65.0 Å². The predicted octanol–water partition coefficient (Wildman–Crippen LogP) is 3.55. The molecule has 0 saturated carbocycles. The normalized spacial score (nSPS) is 17.9. The number of aliphatic hydroxyl groups excluding tert-OH is 1.